The molecule has 0 saturated heterocycles. The van der Waals surface area contributed by atoms with Crippen molar-refractivity contribution in [3.05, 3.63) is 36.7 Å². The van der Waals surface area contributed by atoms with Crippen LogP contribution in [0.1, 0.15) is 0 Å². The highest BCUT2D eigenvalue weighted by atomic mass is 31.2. The van der Waals surface area contributed by atoms with Crippen molar-refractivity contribution < 1.29 is 24.1 Å². The molecule has 2 rings (SSSR count). The topological polar surface area (TPSA) is 124 Å². The van der Waals surface area contributed by atoms with E-state index in [-0.39, 0.29) is 22.0 Å². The first-order valence-corrected chi connectivity index (χ1v) is 8.85. The van der Waals surface area contributed by atoms with Gasteiger partial charge in [0.15, 0.2) is 0 Å². The largest absolute Gasteiger partial charge is 0.356 e. The van der Waals surface area contributed by atoms with Crippen LogP contribution in [0.2, 0.25) is 0 Å². The lowest BCUT2D eigenvalue weighted by molar-refractivity contribution is 0.387. The maximum absolute atomic E-state index is 11.2. The Bertz CT molecular complexity index is 674. The van der Waals surface area contributed by atoms with Gasteiger partial charge in [0.05, 0.1) is 16.7 Å². The molecule has 0 spiro atoms. The van der Waals surface area contributed by atoms with Gasteiger partial charge in [0.2, 0.25) is 0 Å². The Morgan fingerprint density at radius 2 is 1.35 bits per heavy atom. The standard InChI is InChI=1S/C11H12N2O5P2/c1-19(14,15)8-2-4-12-10(6-8)11-7-9(3-5-13-11)20(16,17)18/h2-7,14-15H,1H2,(H2,16,17,18). The van der Waals surface area contributed by atoms with Crippen molar-refractivity contribution in [1.29, 1.82) is 0 Å². The molecule has 0 radical (unpaired) electrons. The number of rotatable bonds is 3. The molecular weight excluding hydrogens is 302 g/mol. The maximum atomic E-state index is 11.2. The first-order valence-electron chi connectivity index (χ1n) is 5.36. The Morgan fingerprint density at radius 3 is 1.80 bits per heavy atom. The van der Waals surface area contributed by atoms with Crippen LogP contribution in [0.15, 0.2) is 36.7 Å². The molecule has 9 heteroatoms. The van der Waals surface area contributed by atoms with E-state index in [1.807, 2.05) is 0 Å². The van der Waals surface area contributed by atoms with Crippen LogP contribution in [0.3, 0.4) is 0 Å². The molecule has 0 aromatic carbocycles. The van der Waals surface area contributed by atoms with Crippen molar-refractivity contribution in [3.8, 4) is 11.4 Å². The van der Waals surface area contributed by atoms with Crippen LogP contribution in [-0.4, -0.2) is 35.8 Å². The van der Waals surface area contributed by atoms with Gasteiger partial charge in [-0.05, 0) is 30.6 Å². The summed E-state index contributed by atoms with van der Waals surface area (Å²) in [6, 6.07) is 5.22. The molecule has 0 fully saturated rings. The molecule has 106 valence electrons. The predicted octanol–water partition coefficient (Wildman–Crippen LogP) is -0.164. The minimum atomic E-state index is -4.38. The van der Waals surface area contributed by atoms with E-state index in [0.717, 1.165) is 0 Å². The molecule has 0 unspecified atom stereocenters. The molecule has 0 aliphatic rings. The summed E-state index contributed by atoms with van der Waals surface area (Å²) in [5.74, 6) is 0. The van der Waals surface area contributed by atoms with Gasteiger partial charge in [-0.2, -0.15) is 0 Å². The summed E-state index contributed by atoms with van der Waals surface area (Å²) in [6.07, 6.45) is 5.88. The minimum Gasteiger partial charge on any atom is -0.350 e. The van der Waals surface area contributed by atoms with Gasteiger partial charge in [-0.3, -0.25) is 14.5 Å². The summed E-state index contributed by atoms with van der Waals surface area (Å²) >= 11 is 0. The number of aromatic nitrogens is 2. The fourth-order valence-corrected chi connectivity index (χ4v) is 2.71. The van der Waals surface area contributed by atoms with Crippen LogP contribution in [-0.2, 0) is 4.57 Å². The molecule has 0 aliphatic heterocycles. The fraction of sp³-hybridized carbons (Fsp3) is 0. The molecule has 20 heavy (non-hydrogen) atoms. The zero-order chi connectivity index (χ0) is 15.0. The third kappa shape index (κ3) is 3.41. The molecule has 4 N–H and O–H groups in total. The number of pyridine rings is 2. The molecular formula is C11H12N2O5P2. The Morgan fingerprint density at radius 1 is 0.900 bits per heavy atom. The van der Waals surface area contributed by atoms with Gasteiger partial charge in [-0.1, -0.05) is 0 Å². The quantitative estimate of drug-likeness (QED) is 0.580. The Hall–Kier alpha value is -1.33. The first-order chi connectivity index (χ1) is 9.18. The van der Waals surface area contributed by atoms with E-state index in [1.165, 1.54) is 36.7 Å². The summed E-state index contributed by atoms with van der Waals surface area (Å²) in [7, 11) is -7.81. The second-order valence-electron chi connectivity index (χ2n) is 4.07. The van der Waals surface area contributed by atoms with Crippen LogP contribution in [0.5, 0.6) is 0 Å². The predicted molar refractivity (Wildman–Crippen MR) is 77.3 cm³/mol. The first kappa shape index (κ1) is 15.1. The van der Waals surface area contributed by atoms with E-state index in [0.29, 0.717) is 0 Å². The van der Waals surface area contributed by atoms with Gasteiger partial charge in [0, 0.05) is 17.7 Å². The Labute approximate surface area is 114 Å². The van der Waals surface area contributed by atoms with Crippen LogP contribution in [0.4, 0.5) is 0 Å². The third-order valence-electron chi connectivity index (χ3n) is 2.50. The van der Waals surface area contributed by atoms with Crippen molar-refractivity contribution >= 4 is 31.8 Å². The van der Waals surface area contributed by atoms with E-state index in [9.17, 15) is 14.4 Å². The van der Waals surface area contributed by atoms with Gasteiger partial charge >= 0.3 is 7.60 Å². The lowest BCUT2D eigenvalue weighted by Crippen LogP contribution is -2.08. The highest BCUT2D eigenvalue weighted by Gasteiger charge is 2.18. The third-order valence-corrected chi connectivity index (χ3v) is 4.56. The number of nitrogens with zero attached hydrogens (tertiary/aromatic N) is 2. The van der Waals surface area contributed by atoms with Crippen molar-refractivity contribution in [2.45, 2.75) is 0 Å². The van der Waals surface area contributed by atoms with Crippen LogP contribution in [0, 0.1) is 0 Å². The second kappa shape index (κ2) is 5.22. The number of hydrogen-bond donors (Lipinski definition) is 4. The second-order valence-corrected chi connectivity index (χ2v) is 7.65. The van der Waals surface area contributed by atoms with Gasteiger partial charge in [-0.15, -0.1) is 0 Å². The van der Waals surface area contributed by atoms with Crippen molar-refractivity contribution in [1.82, 2.24) is 9.97 Å². The zero-order valence-electron chi connectivity index (χ0n) is 10.2. The summed E-state index contributed by atoms with van der Waals surface area (Å²) in [6.45, 7) is 0. The van der Waals surface area contributed by atoms with E-state index in [1.54, 1.807) is 0 Å². The average Bonchev–Trinajstić information content (AvgIpc) is 2.37. The van der Waals surface area contributed by atoms with Crippen molar-refractivity contribution in [3.63, 3.8) is 0 Å². The monoisotopic (exact) mass is 314 g/mol. The van der Waals surface area contributed by atoms with Gasteiger partial charge in [-0.25, -0.2) is 0 Å². The van der Waals surface area contributed by atoms with Crippen LogP contribution in [0.25, 0.3) is 11.4 Å². The van der Waals surface area contributed by atoms with E-state index in [2.05, 4.69) is 16.3 Å². The van der Waals surface area contributed by atoms with E-state index in [4.69, 9.17) is 9.79 Å². The lowest BCUT2D eigenvalue weighted by atomic mass is 10.2. The molecule has 2 aromatic heterocycles. The van der Waals surface area contributed by atoms with E-state index < -0.39 is 14.9 Å². The molecule has 7 nitrogen and oxygen atoms in total. The van der Waals surface area contributed by atoms with E-state index >= 15 is 0 Å². The molecule has 0 bridgehead atoms. The SMILES string of the molecule is C=P(O)(O)c1ccnc(-c2cc(P(=O)(O)O)ccn2)c1. The summed E-state index contributed by atoms with van der Waals surface area (Å²) in [4.78, 5) is 45.3. The Balaban J connectivity index is 2.53. The Kier molecular flexibility index (Phi) is 3.93. The molecule has 2 heterocycles. The molecule has 0 amide bonds. The van der Waals surface area contributed by atoms with Crippen LogP contribution < -0.4 is 10.6 Å². The normalized spacial score (nSPS) is 12.4. The van der Waals surface area contributed by atoms with Crippen LogP contribution >= 0.6 is 14.9 Å². The molecule has 2 aromatic rings. The average molecular weight is 314 g/mol. The van der Waals surface area contributed by atoms with Gasteiger partial charge in [0.25, 0.3) is 0 Å². The fourth-order valence-electron chi connectivity index (χ4n) is 1.52. The smallest absolute Gasteiger partial charge is 0.350 e. The summed E-state index contributed by atoms with van der Waals surface area (Å²) in [5, 5.41) is 0.0178. The lowest BCUT2D eigenvalue weighted by Gasteiger charge is -2.11. The van der Waals surface area contributed by atoms with Gasteiger partial charge in [0.1, 0.15) is 7.34 Å². The highest BCUT2D eigenvalue weighted by Crippen LogP contribution is 2.35. The zero-order valence-corrected chi connectivity index (χ0v) is 11.9. The van der Waals surface area contributed by atoms with Crippen molar-refractivity contribution in [2.75, 3.05) is 0 Å². The maximum Gasteiger partial charge on any atom is 0.356 e. The molecule has 0 atom stereocenters. The number of hydrogen-bond acceptors (Lipinski definition) is 5. The summed E-state index contributed by atoms with van der Waals surface area (Å²) in [5.41, 5.74) is 0.495. The summed E-state index contributed by atoms with van der Waals surface area (Å²) < 4.78 is 11.2. The minimum absolute atomic E-state index is 0.182. The molecule has 0 saturated carbocycles. The van der Waals surface area contributed by atoms with Crippen molar-refractivity contribution in [2.24, 2.45) is 0 Å². The van der Waals surface area contributed by atoms with Gasteiger partial charge < -0.3 is 19.6 Å². The molecule has 0 aliphatic carbocycles. The highest BCUT2D eigenvalue weighted by molar-refractivity contribution is 7.70.